The molecule has 38 heavy (non-hydrogen) atoms. The van der Waals surface area contributed by atoms with Gasteiger partial charge >= 0.3 is 6.03 Å². The fraction of sp³-hybridized carbons (Fsp3) is 0.533. The normalized spacial score (nSPS) is 21.2. The Morgan fingerprint density at radius 3 is 2.61 bits per heavy atom. The number of nitrogens with one attached hydrogen (secondary N) is 2. The summed E-state index contributed by atoms with van der Waals surface area (Å²) in [5, 5.41) is 15.9. The van der Waals surface area contributed by atoms with Gasteiger partial charge in [-0.2, -0.15) is 0 Å². The molecule has 1 heterocycles. The molecular formula is C30H42N4O4. The number of ether oxygens (including phenoxy) is 1. The minimum atomic E-state index is -0.343. The van der Waals surface area contributed by atoms with Gasteiger partial charge in [-0.15, -0.1) is 0 Å². The number of anilines is 1. The quantitative estimate of drug-likeness (QED) is 0.475. The average Bonchev–Trinajstić information content (AvgIpc) is 2.91. The van der Waals surface area contributed by atoms with E-state index in [1.54, 1.807) is 23.1 Å². The highest BCUT2D eigenvalue weighted by molar-refractivity contribution is 5.99. The Balaban J connectivity index is 1.53. The van der Waals surface area contributed by atoms with Crippen LogP contribution in [0.25, 0.3) is 0 Å². The predicted octanol–water partition coefficient (Wildman–Crippen LogP) is 4.49. The summed E-state index contributed by atoms with van der Waals surface area (Å²) in [6, 6.07) is 15.1. The molecule has 1 fully saturated rings. The summed E-state index contributed by atoms with van der Waals surface area (Å²) in [6.07, 6.45) is 5.31. The number of carbonyl (C=O) groups is 2. The molecule has 8 heteroatoms. The zero-order valence-corrected chi connectivity index (χ0v) is 22.9. The maximum Gasteiger partial charge on any atom is 0.319 e. The third-order valence-electron chi connectivity index (χ3n) is 7.65. The van der Waals surface area contributed by atoms with E-state index in [4.69, 9.17) is 4.74 Å². The van der Waals surface area contributed by atoms with E-state index in [0.717, 1.165) is 32.2 Å². The maximum absolute atomic E-state index is 13.7. The van der Waals surface area contributed by atoms with Crippen molar-refractivity contribution in [2.24, 2.45) is 5.92 Å². The lowest BCUT2D eigenvalue weighted by molar-refractivity contribution is 0.0341. The van der Waals surface area contributed by atoms with Gasteiger partial charge in [-0.05, 0) is 50.6 Å². The van der Waals surface area contributed by atoms with Crippen LogP contribution >= 0.6 is 0 Å². The number of aliphatic hydroxyl groups is 1. The predicted molar refractivity (Wildman–Crippen MR) is 149 cm³/mol. The Bertz CT molecular complexity index is 1070. The van der Waals surface area contributed by atoms with Crippen molar-refractivity contribution in [1.82, 2.24) is 15.1 Å². The van der Waals surface area contributed by atoms with Gasteiger partial charge in [0.25, 0.3) is 5.91 Å². The first kappa shape index (κ1) is 27.9. The van der Waals surface area contributed by atoms with Crippen molar-refractivity contribution < 1.29 is 19.4 Å². The number of fused-ring (bicyclic) bond motifs is 1. The zero-order chi connectivity index (χ0) is 27.1. The molecule has 0 bridgehead atoms. The van der Waals surface area contributed by atoms with E-state index < -0.39 is 0 Å². The van der Waals surface area contributed by atoms with E-state index in [1.165, 1.54) is 12.0 Å². The van der Waals surface area contributed by atoms with Gasteiger partial charge in [0, 0.05) is 37.3 Å². The molecular weight excluding hydrogens is 480 g/mol. The number of hydrogen-bond donors (Lipinski definition) is 3. The molecule has 0 saturated heterocycles. The topological polar surface area (TPSA) is 94.1 Å². The second-order valence-corrected chi connectivity index (χ2v) is 10.9. The number of amides is 3. The van der Waals surface area contributed by atoms with Crippen molar-refractivity contribution in [1.29, 1.82) is 0 Å². The summed E-state index contributed by atoms with van der Waals surface area (Å²) >= 11 is 0. The van der Waals surface area contributed by atoms with Crippen LogP contribution in [0.1, 0.15) is 61.9 Å². The lowest BCUT2D eigenvalue weighted by atomic mass is 9.96. The van der Waals surface area contributed by atoms with Crippen molar-refractivity contribution in [2.75, 3.05) is 32.1 Å². The molecule has 2 aromatic rings. The molecule has 1 saturated carbocycles. The molecule has 1 aliphatic carbocycles. The fourth-order valence-electron chi connectivity index (χ4n) is 5.38. The van der Waals surface area contributed by atoms with Crippen molar-refractivity contribution in [3.8, 4) is 5.75 Å². The molecule has 0 spiro atoms. The number of benzene rings is 2. The maximum atomic E-state index is 13.7. The lowest BCUT2D eigenvalue weighted by Crippen LogP contribution is -2.49. The Hall–Kier alpha value is -3.10. The van der Waals surface area contributed by atoms with Gasteiger partial charge < -0.3 is 25.4 Å². The van der Waals surface area contributed by atoms with Gasteiger partial charge in [0.1, 0.15) is 11.9 Å². The van der Waals surface area contributed by atoms with Crippen LogP contribution in [0.3, 0.4) is 0 Å². The number of rotatable bonds is 8. The number of urea groups is 1. The number of carbonyl (C=O) groups excluding carboxylic acids is 2. The van der Waals surface area contributed by atoms with Crippen LogP contribution in [-0.4, -0.2) is 71.8 Å². The number of nitrogens with zero attached hydrogens (tertiary/aromatic N) is 2. The van der Waals surface area contributed by atoms with Crippen molar-refractivity contribution in [3.63, 3.8) is 0 Å². The first-order valence-corrected chi connectivity index (χ1v) is 13.9. The summed E-state index contributed by atoms with van der Waals surface area (Å²) in [6.45, 7) is 5.73. The number of hydrogen-bond acceptors (Lipinski definition) is 5. The van der Waals surface area contributed by atoms with Crippen molar-refractivity contribution in [3.05, 3.63) is 59.7 Å². The molecule has 3 N–H and O–H groups in total. The van der Waals surface area contributed by atoms with Gasteiger partial charge in [0.15, 0.2) is 0 Å². The minimum Gasteiger partial charge on any atom is -0.488 e. The van der Waals surface area contributed by atoms with Crippen LogP contribution < -0.4 is 15.4 Å². The zero-order valence-electron chi connectivity index (χ0n) is 22.9. The molecule has 2 aromatic carbocycles. The summed E-state index contributed by atoms with van der Waals surface area (Å²) in [4.78, 5) is 30.3. The molecule has 3 amide bonds. The Labute approximate surface area is 226 Å². The summed E-state index contributed by atoms with van der Waals surface area (Å²) in [5.74, 6) is 0.326. The first-order valence-electron chi connectivity index (χ1n) is 13.9. The average molecular weight is 523 g/mol. The third-order valence-corrected chi connectivity index (χ3v) is 7.65. The van der Waals surface area contributed by atoms with E-state index in [9.17, 15) is 14.7 Å². The first-order chi connectivity index (χ1) is 18.3. The third kappa shape index (κ3) is 7.26. The van der Waals surface area contributed by atoms with Crippen molar-refractivity contribution in [2.45, 2.75) is 70.7 Å². The number of likely N-dealkylation sites (N-methyl/N-ethyl adjacent to an activating group) is 1. The molecule has 8 nitrogen and oxygen atoms in total. The largest absolute Gasteiger partial charge is 0.488 e. The van der Waals surface area contributed by atoms with Crippen LogP contribution in [0.2, 0.25) is 0 Å². The van der Waals surface area contributed by atoms with Gasteiger partial charge in [0.2, 0.25) is 0 Å². The molecule has 0 radical (unpaired) electrons. The molecule has 0 aromatic heterocycles. The SMILES string of the molecule is C[C@H](CO)N1C[C@H](C)[C@H](CN(C)Cc2ccccc2)Oc2ccc(NC(=O)NC3CCCCC3)cc2C1=O. The Morgan fingerprint density at radius 1 is 1.16 bits per heavy atom. The van der Waals surface area contributed by atoms with Gasteiger partial charge in [-0.3, -0.25) is 9.69 Å². The Kier molecular flexibility index (Phi) is 9.63. The molecule has 1 aliphatic heterocycles. The standard InChI is InChI=1S/C30H42N4O4/c1-21-17-34(22(2)20-35)29(36)26-16-25(32-30(37)31-24-12-8-5-9-13-24)14-15-27(26)38-28(21)19-33(3)18-23-10-6-4-7-11-23/h4,6-7,10-11,14-16,21-22,24,28,35H,5,8-9,12-13,17-20H2,1-3H3,(H2,31,32,37)/t21-,22+,28-/m0/s1. The summed E-state index contributed by atoms with van der Waals surface area (Å²) < 4.78 is 6.49. The second kappa shape index (κ2) is 13.1. The van der Waals surface area contributed by atoms with Crippen molar-refractivity contribution >= 4 is 17.6 Å². The van der Waals surface area contributed by atoms with Crippen LogP contribution in [0.4, 0.5) is 10.5 Å². The van der Waals surface area contributed by atoms with Crippen LogP contribution in [0.5, 0.6) is 5.75 Å². The van der Waals surface area contributed by atoms with Gasteiger partial charge in [0.05, 0.1) is 18.2 Å². The van der Waals surface area contributed by atoms with Gasteiger partial charge in [-0.25, -0.2) is 4.79 Å². The van der Waals surface area contributed by atoms with Crippen LogP contribution in [-0.2, 0) is 6.54 Å². The smallest absolute Gasteiger partial charge is 0.319 e. The monoisotopic (exact) mass is 522 g/mol. The lowest BCUT2D eigenvalue weighted by Gasteiger charge is -2.38. The second-order valence-electron chi connectivity index (χ2n) is 10.9. The summed E-state index contributed by atoms with van der Waals surface area (Å²) in [5.41, 5.74) is 2.15. The van der Waals surface area contributed by atoms with E-state index in [2.05, 4.69) is 41.6 Å². The van der Waals surface area contributed by atoms with Gasteiger partial charge in [-0.1, -0.05) is 56.5 Å². The molecule has 0 unspecified atom stereocenters. The van der Waals surface area contributed by atoms with Crippen LogP contribution in [0, 0.1) is 5.92 Å². The highest BCUT2D eigenvalue weighted by Gasteiger charge is 2.33. The Morgan fingerprint density at radius 2 is 1.89 bits per heavy atom. The molecule has 3 atom stereocenters. The minimum absolute atomic E-state index is 0.0402. The highest BCUT2D eigenvalue weighted by Crippen LogP contribution is 2.31. The van der Waals surface area contributed by atoms with E-state index in [1.807, 2.05) is 25.1 Å². The molecule has 4 rings (SSSR count). The summed E-state index contributed by atoms with van der Waals surface area (Å²) in [7, 11) is 2.07. The van der Waals surface area contributed by atoms with E-state index >= 15 is 0 Å². The molecule has 206 valence electrons. The van der Waals surface area contributed by atoms with Crippen LogP contribution in [0.15, 0.2) is 48.5 Å². The highest BCUT2D eigenvalue weighted by atomic mass is 16.5. The van der Waals surface area contributed by atoms with E-state index in [-0.39, 0.29) is 42.7 Å². The molecule has 2 aliphatic rings. The number of aliphatic hydroxyl groups excluding tert-OH is 1. The van der Waals surface area contributed by atoms with E-state index in [0.29, 0.717) is 30.1 Å². The fourth-order valence-corrected chi connectivity index (χ4v) is 5.38.